The second kappa shape index (κ2) is 5.67. The van der Waals surface area contributed by atoms with Gasteiger partial charge in [-0.15, -0.1) is 0 Å². The third-order valence-electron chi connectivity index (χ3n) is 3.32. The highest BCUT2D eigenvalue weighted by Gasteiger charge is 2.34. The molecule has 20 heavy (non-hydrogen) atoms. The molecular weight excluding hydrogens is 263 g/mol. The predicted molar refractivity (Wildman–Crippen MR) is 73.3 cm³/mol. The number of benzene rings is 2. The van der Waals surface area contributed by atoms with E-state index in [4.69, 9.17) is 5.73 Å². The third kappa shape index (κ3) is 3.02. The topological polar surface area (TPSA) is 26.0 Å². The molecule has 1 unspecified atom stereocenters. The summed E-state index contributed by atoms with van der Waals surface area (Å²) in [6.07, 6.45) is -3.57. The van der Waals surface area contributed by atoms with Crippen LogP contribution in [0.25, 0.3) is 0 Å². The van der Waals surface area contributed by atoms with Gasteiger partial charge in [0.15, 0.2) is 0 Å². The molecule has 0 amide bonds. The number of halogens is 3. The highest BCUT2D eigenvalue weighted by atomic mass is 19.4. The van der Waals surface area contributed by atoms with Crippen LogP contribution in [0.5, 0.6) is 0 Å². The van der Waals surface area contributed by atoms with Gasteiger partial charge >= 0.3 is 6.18 Å². The maximum absolute atomic E-state index is 13.0. The molecule has 2 rings (SSSR count). The molecule has 0 saturated carbocycles. The second-order valence-corrected chi connectivity index (χ2v) is 4.66. The van der Waals surface area contributed by atoms with E-state index in [1.807, 2.05) is 25.1 Å². The zero-order chi connectivity index (χ0) is 14.8. The van der Waals surface area contributed by atoms with Crippen LogP contribution in [-0.2, 0) is 12.6 Å². The molecule has 0 aliphatic heterocycles. The Balaban J connectivity index is 2.45. The van der Waals surface area contributed by atoms with Gasteiger partial charge in [0.05, 0.1) is 11.6 Å². The Labute approximate surface area is 116 Å². The Morgan fingerprint density at radius 2 is 1.75 bits per heavy atom. The van der Waals surface area contributed by atoms with Crippen LogP contribution in [0.4, 0.5) is 13.2 Å². The predicted octanol–water partition coefficient (Wildman–Crippen LogP) is 4.32. The third-order valence-corrected chi connectivity index (χ3v) is 3.32. The van der Waals surface area contributed by atoms with Gasteiger partial charge in [0.2, 0.25) is 0 Å². The molecule has 0 heterocycles. The van der Waals surface area contributed by atoms with Gasteiger partial charge in [0.1, 0.15) is 0 Å². The van der Waals surface area contributed by atoms with Crippen molar-refractivity contribution < 1.29 is 13.2 Å². The van der Waals surface area contributed by atoms with Crippen LogP contribution in [0.1, 0.15) is 35.2 Å². The molecule has 1 atom stereocenters. The lowest BCUT2D eigenvalue weighted by Gasteiger charge is -2.19. The lowest BCUT2D eigenvalue weighted by atomic mass is 9.93. The molecule has 0 spiro atoms. The molecule has 4 heteroatoms. The fourth-order valence-corrected chi connectivity index (χ4v) is 2.21. The van der Waals surface area contributed by atoms with Gasteiger partial charge in [-0.25, -0.2) is 0 Å². The molecule has 0 bridgehead atoms. The minimum atomic E-state index is -4.39. The van der Waals surface area contributed by atoms with Crippen molar-refractivity contribution in [2.75, 3.05) is 0 Å². The molecule has 0 fully saturated rings. The Morgan fingerprint density at radius 3 is 2.40 bits per heavy atom. The van der Waals surface area contributed by atoms with E-state index in [2.05, 4.69) is 0 Å². The van der Waals surface area contributed by atoms with Crippen molar-refractivity contribution >= 4 is 0 Å². The molecular formula is C16H16F3N. The number of hydrogen-bond donors (Lipinski definition) is 1. The van der Waals surface area contributed by atoms with Gasteiger partial charge in [0, 0.05) is 0 Å². The van der Waals surface area contributed by atoms with Crippen LogP contribution in [0.3, 0.4) is 0 Å². The van der Waals surface area contributed by atoms with Gasteiger partial charge in [-0.3, -0.25) is 0 Å². The standard InChI is InChI=1S/C16H16F3N/c1-2-11-6-5-7-12(10-11)15(20)13-8-3-4-9-14(13)16(17,18)19/h3-10,15H,2,20H2,1H3. The van der Waals surface area contributed by atoms with Gasteiger partial charge in [-0.05, 0) is 29.2 Å². The maximum atomic E-state index is 13.0. The summed E-state index contributed by atoms with van der Waals surface area (Å²) in [7, 11) is 0. The van der Waals surface area contributed by atoms with Crippen molar-refractivity contribution in [3.63, 3.8) is 0 Å². The van der Waals surface area contributed by atoms with E-state index in [0.29, 0.717) is 5.56 Å². The number of hydrogen-bond acceptors (Lipinski definition) is 1. The highest BCUT2D eigenvalue weighted by molar-refractivity contribution is 5.39. The van der Waals surface area contributed by atoms with Crippen LogP contribution >= 0.6 is 0 Å². The molecule has 2 aromatic rings. The summed E-state index contributed by atoms with van der Waals surface area (Å²) in [6, 6.07) is 12.1. The highest BCUT2D eigenvalue weighted by Crippen LogP contribution is 2.35. The summed E-state index contributed by atoms with van der Waals surface area (Å²) in [5.74, 6) is 0. The number of alkyl halides is 3. The Bertz CT molecular complexity index is 590. The average molecular weight is 279 g/mol. The first-order valence-corrected chi connectivity index (χ1v) is 6.44. The van der Waals surface area contributed by atoms with Crippen molar-refractivity contribution in [2.24, 2.45) is 5.73 Å². The maximum Gasteiger partial charge on any atom is 0.416 e. The lowest BCUT2D eigenvalue weighted by molar-refractivity contribution is -0.138. The number of aryl methyl sites for hydroxylation is 1. The fraction of sp³-hybridized carbons (Fsp3) is 0.250. The van der Waals surface area contributed by atoms with Crippen molar-refractivity contribution in [1.29, 1.82) is 0 Å². The Kier molecular flexibility index (Phi) is 4.14. The molecule has 0 radical (unpaired) electrons. The average Bonchev–Trinajstić information content (AvgIpc) is 2.45. The van der Waals surface area contributed by atoms with Crippen LogP contribution in [0.2, 0.25) is 0 Å². The van der Waals surface area contributed by atoms with Crippen LogP contribution in [0.15, 0.2) is 48.5 Å². The number of nitrogens with two attached hydrogens (primary N) is 1. The lowest BCUT2D eigenvalue weighted by Crippen LogP contribution is -2.18. The number of rotatable bonds is 3. The molecule has 106 valence electrons. The molecule has 2 aromatic carbocycles. The van der Waals surface area contributed by atoms with E-state index >= 15 is 0 Å². The van der Waals surface area contributed by atoms with E-state index in [-0.39, 0.29) is 5.56 Å². The minimum absolute atomic E-state index is 0.105. The normalized spacial score (nSPS) is 13.2. The Hall–Kier alpha value is -1.81. The monoisotopic (exact) mass is 279 g/mol. The van der Waals surface area contributed by atoms with Crippen LogP contribution < -0.4 is 5.73 Å². The first kappa shape index (κ1) is 14.6. The van der Waals surface area contributed by atoms with Crippen LogP contribution in [-0.4, -0.2) is 0 Å². The van der Waals surface area contributed by atoms with Crippen molar-refractivity contribution in [3.05, 3.63) is 70.8 Å². The quantitative estimate of drug-likeness (QED) is 0.889. The van der Waals surface area contributed by atoms with Crippen molar-refractivity contribution in [3.8, 4) is 0 Å². The largest absolute Gasteiger partial charge is 0.416 e. The molecule has 0 saturated heterocycles. The molecule has 0 aliphatic rings. The summed E-state index contributed by atoms with van der Waals surface area (Å²) in [6.45, 7) is 1.99. The van der Waals surface area contributed by atoms with E-state index in [9.17, 15) is 13.2 Å². The SMILES string of the molecule is CCc1cccc(C(N)c2ccccc2C(F)(F)F)c1. The minimum Gasteiger partial charge on any atom is -0.320 e. The summed E-state index contributed by atoms with van der Waals surface area (Å²) >= 11 is 0. The summed E-state index contributed by atoms with van der Waals surface area (Å²) in [5, 5.41) is 0. The first-order chi connectivity index (χ1) is 9.43. The molecule has 1 nitrogen and oxygen atoms in total. The molecule has 0 aromatic heterocycles. The van der Waals surface area contributed by atoms with Crippen molar-refractivity contribution in [2.45, 2.75) is 25.6 Å². The van der Waals surface area contributed by atoms with E-state index in [1.165, 1.54) is 12.1 Å². The fourth-order valence-electron chi connectivity index (χ4n) is 2.21. The zero-order valence-electron chi connectivity index (χ0n) is 11.1. The zero-order valence-corrected chi connectivity index (χ0v) is 11.1. The smallest absolute Gasteiger partial charge is 0.320 e. The van der Waals surface area contributed by atoms with Gasteiger partial charge in [-0.1, -0.05) is 49.4 Å². The summed E-state index contributed by atoms with van der Waals surface area (Å²) in [5.41, 5.74) is 7.22. The Morgan fingerprint density at radius 1 is 1.05 bits per heavy atom. The van der Waals surface area contributed by atoms with Gasteiger partial charge < -0.3 is 5.73 Å². The van der Waals surface area contributed by atoms with E-state index < -0.39 is 17.8 Å². The summed E-state index contributed by atoms with van der Waals surface area (Å²) in [4.78, 5) is 0. The molecule has 2 N–H and O–H groups in total. The second-order valence-electron chi connectivity index (χ2n) is 4.66. The van der Waals surface area contributed by atoms with E-state index in [0.717, 1.165) is 18.1 Å². The van der Waals surface area contributed by atoms with E-state index in [1.54, 1.807) is 12.1 Å². The van der Waals surface area contributed by atoms with Gasteiger partial charge in [0.25, 0.3) is 0 Å². The molecule has 0 aliphatic carbocycles. The van der Waals surface area contributed by atoms with Crippen LogP contribution in [0, 0.1) is 0 Å². The van der Waals surface area contributed by atoms with Crippen molar-refractivity contribution in [1.82, 2.24) is 0 Å². The van der Waals surface area contributed by atoms with Gasteiger partial charge in [-0.2, -0.15) is 13.2 Å². The first-order valence-electron chi connectivity index (χ1n) is 6.44. The summed E-state index contributed by atoms with van der Waals surface area (Å²) < 4.78 is 39.0.